The van der Waals surface area contributed by atoms with Crippen LogP contribution in [0.15, 0.2) is 35.1 Å². The summed E-state index contributed by atoms with van der Waals surface area (Å²) in [5.74, 6) is 1.50. The molecule has 0 saturated heterocycles. The topological polar surface area (TPSA) is 82.3 Å². The highest BCUT2D eigenvalue weighted by Gasteiger charge is 2.12. The third-order valence-corrected chi connectivity index (χ3v) is 3.20. The molecule has 2 rings (SSSR count). The van der Waals surface area contributed by atoms with Crippen LogP contribution in [-0.4, -0.2) is 29.7 Å². The van der Waals surface area contributed by atoms with E-state index < -0.39 is 0 Å². The third kappa shape index (κ3) is 4.30. The van der Waals surface area contributed by atoms with Crippen LogP contribution in [0.25, 0.3) is 0 Å². The minimum absolute atomic E-state index is 0.0766. The van der Waals surface area contributed by atoms with Gasteiger partial charge in [0.1, 0.15) is 17.8 Å². The molecule has 0 aliphatic carbocycles. The van der Waals surface area contributed by atoms with Crippen molar-refractivity contribution in [3.63, 3.8) is 0 Å². The first-order chi connectivity index (χ1) is 10.1. The van der Waals surface area contributed by atoms with E-state index in [1.807, 2.05) is 31.2 Å². The van der Waals surface area contributed by atoms with Gasteiger partial charge < -0.3 is 20.5 Å². The number of nitrogen functional groups attached to an aromatic ring is 1. The molecular formula is C14H17BrN4O2. The van der Waals surface area contributed by atoms with E-state index >= 15 is 0 Å². The summed E-state index contributed by atoms with van der Waals surface area (Å²) in [6.07, 6.45) is 1.41. The van der Waals surface area contributed by atoms with Gasteiger partial charge in [0.2, 0.25) is 5.88 Å². The molecule has 0 bridgehead atoms. The summed E-state index contributed by atoms with van der Waals surface area (Å²) < 4.78 is 11.7. The zero-order chi connectivity index (χ0) is 15.2. The Labute approximate surface area is 131 Å². The van der Waals surface area contributed by atoms with Crippen molar-refractivity contribution >= 4 is 27.4 Å². The lowest BCUT2D eigenvalue weighted by atomic mass is 10.3. The number of halogens is 1. The second-order valence-corrected chi connectivity index (χ2v) is 5.41. The lowest BCUT2D eigenvalue weighted by molar-refractivity contribution is 0.190. The maximum absolute atomic E-state index is 6.04. The molecule has 0 fully saturated rings. The maximum Gasteiger partial charge on any atom is 0.248 e. The molecule has 112 valence electrons. The maximum atomic E-state index is 6.04. The Hall–Kier alpha value is -1.86. The number of hydrogen-bond donors (Lipinski definition) is 2. The monoisotopic (exact) mass is 352 g/mol. The molecule has 1 aromatic carbocycles. The van der Waals surface area contributed by atoms with Crippen molar-refractivity contribution in [3.8, 4) is 11.6 Å². The van der Waals surface area contributed by atoms with Gasteiger partial charge in [-0.25, -0.2) is 4.98 Å². The molecule has 1 atom stereocenters. The van der Waals surface area contributed by atoms with E-state index in [0.29, 0.717) is 29.7 Å². The Morgan fingerprint density at radius 3 is 2.67 bits per heavy atom. The molecule has 0 spiro atoms. The summed E-state index contributed by atoms with van der Waals surface area (Å²) in [7, 11) is 1.64. The van der Waals surface area contributed by atoms with Crippen molar-refractivity contribution in [1.82, 2.24) is 9.97 Å². The molecule has 1 aromatic heterocycles. The second-order valence-electron chi connectivity index (χ2n) is 4.50. The molecule has 0 saturated carbocycles. The molecule has 7 heteroatoms. The van der Waals surface area contributed by atoms with Crippen LogP contribution >= 0.6 is 15.9 Å². The molecule has 21 heavy (non-hydrogen) atoms. The number of hydrogen-bond acceptors (Lipinski definition) is 6. The summed E-state index contributed by atoms with van der Waals surface area (Å²) in [4.78, 5) is 8.20. The number of methoxy groups -OCH3 is 1. The number of anilines is 2. The molecule has 0 aliphatic rings. The van der Waals surface area contributed by atoms with E-state index in [9.17, 15) is 0 Å². The fourth-order valence-corrected chi connectivity index (χ4v) is 1.98. The highest BCUT2D eigenvalue weighted by Crippen LogP contribution is 2.30. The quantitative estimate of drug-likeness (QED) is 0.831. The van der Waals surface area contributed by atoms with Crippen LogP contribution in [0, 0.1) is 0 Å². The van der Waals surface area contributed by atoms with Crippen molar-refractivity contribution in [2.45, 2.75) is 13.0 Å². The van der Waals surface area contributed by atoms with Gasteiger partial charge in [-0.3, -0.25) is 0 Å². The number of benzene rings is 1. The van der Waals surface area contributed by atoms with Crippen molar-refractivity contribution in [3.05, 3.63) is 35.1 Å². The van der Waals surface area contributed by atoms with Gasteiger partial charge >= 0.3 is 0 Å². The van der Waals surface area contributed by atoms with Gasteiger partial charge in [0, 0.05) is 17.6 Å². The van der Waals surface area contributed by atoms with Gasteiger partial charge in [0.15, 0.2) is 5.82 Å². The average Bonchev–Trinajstić information content (AvgIpc) is 2.46. The Balaban J connectivity index is 2.15. The van der Waals surface area contributed by atoms with Crippen LogP contribution in [0.2, 0.25) is 0 Å². The fraction of sp³-hybridized carbons (Fsp3) is 0.286. The van der Waals surface area contributed by atoms with Crippen LogP contribution < -0.4 is 15.8 Å². The van der Waals surface area contributed by atoms with Crippen LogP contribution in [0.4, 0.5) is 11.5 Å². The largest absolute Gasteiger partial charge is 0.437 e. The molecule has 0 aliphatic heterocycles. The Morgan fingerprint density at radius 1 is 1.29 bits per heavy atom. The van der Waals surface area contributed by atoms with Crippen LogP contribution in [-0.2, 0) is 4.74 Å². The van der Waals surface area contributed by atoms with Gasteiger partial charge in [-0.2, -0.15) is 4.98 Å². The van der Waals surface area contributed by atoms with E-state index in [0.717, 1.165) is 4.47 Å². The zero-order valence-electron chi connectivity index (χ0n) is 11.8. The summed E-state index contributed by atoms with van der Waals surface area (Å²) >= 11 is 3.37. The van der Waals surface area contributed by atoms with E-state index in [1.165, 1.54) is 6.33 Å². The van der Waals surface area contributed by atoms with E-state index in [-0.39, 0.29) is 6.04 Å². The van der Waals surface area contributed by atoms with Gasteiger partial charge in [0.25, 0.3) is 0 Å². The lowest BCUT2D eigenvalue weighted by Gasteiger charge is -2.16. The van der Waals surface area contributed by atoms with Crippen molar-refractivity contribution < 1.29 is 9.47 Å². The van der Waals surface area contributed by atoms with Crippen molar-refractivity contribution in [2.75, 3.05) is 24.8 Å². The van der Waals surface area contributed by atoms with Crippen LogP contribution in [0.1, 0.15) is 6.92 Å². The molecule has 3 N–H and O–H groups in total. The second kappa shape index (κ2) is 7.24. The van der Waals surface area contributed by atoms with E-state index in [1.54, 1.807) is 7.11 Å². The molecule has 6 nitrogen and oxygen atoms in total. The van der Waals surface area contributed by atoms with Gasteiger partial charge in [-0.1, -0.05) is 15.9 Å². The van der Waals surface area contributed by atoms with E-state index in [2.05, 4.69) is 31.2 Å². The fourth-order valence-electron chi connectivity index (χ4n) is 1.72. The van der Waals surface area contributed by atoms with Gasteiger partial charge in [-0.15, -0.1) is 0 Å². The van der Waals surface area contributed by atoms with Crippen molar-refractivity contribution in [2.24, 2.45) is 0 Å². The standard InChI is InChI=1S/C14H17BrN4O2/c1-9(7-20-2)19-13-12(16)14(18-8-17-13)21-11-5-3-10(15)4-6-11/h3-6,8-9H,7,16H2,1-2H3,(H,17,18,19). The number of nitrogens with one attached hydrogen (secondary N) is 1. The minimum Gasteiger partial charge on any atom is -0.437 e. The van der Waals surface area contributed by atoms with Crippen LogP contribution in [0.5, 0.6) is 11.6 Å². The molecule has 2 aromatic rings. The first kappa shape index (κ1) is 15.5. The normalized spacial score (nSPS) is 12.0. The lowest BCUT2D eigenvalue weighted by Crippen LogP contribution is -2.22. The predicted octanol–water partition coefficient (Wildman–Crippen LogP) is 3.06. The minimum atomic E-state index is 0.0766. The third-order valence-electron chi connectivity index (χ3n) is 2.68. The predicted molar refractivity (Wildman–Crippen MR) is 85.6 cm³/mol. The van der Waals surface area contributed by atoms with E-state index in [4.69, 9.17) is 15.2 Å². The average molecular weight is 353 g/mol. The van der Waals surface area contributed by atoms with Crippen molar-refractivity contribution in [1.29, 1.82) is 0 Å². The molecule has 1 heterocycles. The SMILES string of the molecule is COCC(C)Nc1ncnc(Oc2ccc(Br)cc2)c1N. The molecule has 0 radical (unpaired) electrons. The summed E-state index contributed by atoms with van der Waals surface area (Å²) in [5.41, 5.74) is 6.41. The Morgan fingerprint density at radius 2 is 2.00 bits per heavy atom. The van der Waals surface area contributed by atoms with Gasteiger partial charge in [0.05, 0.1) is 6.61 Å². The zero-order valence-corrected chi connectivity index (χ0v) is 13.4. The summed E-state index contributed by atoms with van der Waals surface area (Å²) in [5, 5.41) is 3.16. The smallest absolute Gasteiger partial charge is 0.248 e. The number of nitrogens with two attached hydrogens (primary N) is 1. The Bertz CT molecular complexity index is 592. The summed E-state index contributed by atoms with van der Waals surface area (Å²) in [6, 6.07) is 7.49. The number of rotatable bonds is 6. The Kier molecular flexibility index (Phi) is 5.35. The molecule has 1 unspecified atom stereocenters. The number of nitrogens with zero attached hydrogens (tertiary/aromatic N) is 2. The van der Waals surface area contributed by atoms with Gasteiger partial charge in [-0.05, 0) is 31.2 Å². The molecule has 0 amide bonds. The number of ether oxygens (including phenoxy) is 2. The number of aromatic nitrogens is 2. The van der Waals surface area contributed by atoms with Crippen LogP contribution in [0.3, 0.4) is 0 Å². The molecular weight excluding hydrogens is 336 g/mol. The highest BCUT2D eigenvalue weighted by atomic mass is 79.9. The summed E-state index contributed by atoms with van der Waals surface area (Å²) in [6.45, 7) is 2.52. The first-order valence-corrected chi connectivity index (χ1v) is 7.19. The highest BCUT2D eigenvalue weighted by molar-refractivity contribution is 9.10. The first-order valence-electron chi connectivity index (χ1n) is 6.39.